The van der Waals surface area contributed by atoms with Crippen molar-refractivity contribution in [3.8, 4) is 5.75 Å². The summed E-state index contributed by atoms with van der Waals surface area (Å²) < 4.78 is 10.9. The number of ether oxygens (including phenoxy) is 2. The third-order valence-corrected chi connectivity index (χ3v) is 3.45. The predicted octanol–water partition coefficient (Wildman–Crippen LogP) is 1.53. The Morgan fingerprint density at radius 3 is 2.61 bits per heavy atom. The number of hydrogen-bond acceptors (Lipinski definition) is 4. The smallest absolute Gasteiger partial charge is 0.185 e. The molecule has 1 heterocycles. The van der Waals surface area contributed by atoms with Gasteiger partial charge in [0.05, 0.1) is 12.7 Å². The van der Waals surface area contributed by atoms with Gasteiger partial charge in [0.25, 0.3) is 0 Å². The number of carbonyl (C=O) groups is 1. The maximum atomic E-state index is 12.3. The van der Waals surface area contributed by atoms with E-state index in [9.17, 15) is 4.79 Å². The summed E-state index contributed by atoms with van der Waals surface area (Å²) in [6.07, 6.45) is 3.22. The molecular weight excluding hydrogens is 230 g/mol. The zero-order valence-corrected chi connectivity index (χ0v) is 10.2. The summed E-state index contributed by atoms with van der Waals surface area (Å²) in [5.41, 5.74) is 5.84. The lowest BCUT2D eigenvalue weighted by atomic mass is 9.90. The fourth-order valence-electron chi connectivity index (χ4n) is 2.11. The summed E-state index contributed by atoms with van der Waals surface area (Å²) in [5.74, 6) is 0.778. The molecule has 4 heteroatoms. The van der Waals surface area contributed by atoms with Crippen molar-refractivity contribution in [1.29, 1.82) is 0 Å². The Hall–Kier alpha value is -1.39. The Balaban J connectivity index is 1.73. The minimum atomic E-state index is -0.848. The monoisotopic (exact) mass is 247 g/mol. The third kappa shape index (κ3) is 2.26. The van der Waals surface area contributed by atoms with Gasteiger partial charge in [0.1, 0.15) is 11.3 Å². The Labute approximate surface area is 106 Å². The van der Waals surface area contributed by atoms with Gasteiger partial charge in [0.15, 0.2) is 5.78 Å². The van der Waals surface area contributed by atoms with Crippen molar-refractivity contribution < 1.29 is 14.3 Å². The van der Waals surface area contributed by atoms with Crippen molar-refractivity contribution in [2.75, 3.05) is 13.2 Å². The molecule has 0 radical (unpaired) electrons. The molecule has 1 saturated heterocycles. The minimum Gasteiger partial charge on any atom is -0.490 e. The molecule has 4 nitrogen and oxygen atoms in total. The van der Waals surface area contributed by atoms with Crippen molar-refractivity contribution in [1.82, 2.24) is 0 Å². The average Bonchev–Trinajstić information content (AvgIpc) is 3.09. The van der Waals surface area contributed by atoms with Crippen molar-refractivity contribution >= 4 is 5.78 Å². The van der Waals surface area contributed by atoms with Gasteiger partial charge in [-0.05, 0) is 43.5 Å². The van der Waals surface area contributed by atoms with Crippen LogP contribution in [0.5, 0.6) is 5.75 Å². The number of nitrogens with two attached hydrogens (primary N) is 1. The molecule has 1 unspecified atom stereocenters. The molecule has 1 atom stereocenters. The first-order valence-electron chi connectivity index (χ1n) is 6.35. The van der Waals surface area contributed by atoms with E-state index >= 15 is 0 Å². The molecule has 0 spiro atoms. The van der Waals surface area contributed by atoms with Crippen LogP contribution < -0.4 is 10.5 Å². The molecule has 1 aliphatic carbocycles. The van der Waals surface area contributed by atoms with Crippen molar-refractivity contribution in [2.24, 2.45) is 5.73 Å². The summed E-state index contributed by atoms with van der Waals surface area (Å²) in [6.45, 7) is 0.872. The minimum absolute atomic E-state index is 0.0435. The maximum absolute atomic E-state index is 12.3. The van der Waals surface area contributed by atoms with Crippen LogP contribution in [0.15, 0.2) is 24.3 Å². The summed E-state index contributed by atoms with van der Waals surface area (Å²) in [7, 11) is 0. The average molecular weight is 247 g/mol. The lowest BCUT2D eigenvalue weighted by Crippen LogP contribution is -2.48. The molecule has 2 aliphatic rings. The molecule has 18 heavy (non-hydrogen) atoms. The first-order valence-corrected chi connectivity index (χ1v) is 6.35. The van der Waals surface area contributed by atoms with E-state index in [4.69, 9.17) is 15.2 Å². The number of hydrogen-bond donors (Lipinski definition) is 1. The summed E-state index contributed by atoms with van der Waals surface area (Å²) in [4.78, 5) is 12.3. The van der Waals surface area contributed by atoms with Crippen LogP contribution in [0, 0.1) is 0 Å². The van der Waals surface area contributed by atoms with Crippen LogP contribution in [0.25, 0.3) is 0 Å². The number of carbonyl (C=O) groups excluding carboxylic acids is 1. The summed E-state index contributed by atoms with van der Waals surface area (Å²) in [5, 5.41) is 0. The molecule has 1 saturated carbocycles. The van der Waals surface area contributed by atoms with Crippen LogP contribution >= 0.6 is 0 Å². The molecule has 1 aliphatic heterocycles. The predicted molar refractivity (Wildman–Crippen MR) is 66.8 cm³/mol. The van der Waals surface area contributed by atoms with E-state index in [1.54, 1.807) is 12.1 Å². The molecule has 2 fully saturated rings. The molecule has 3 rings (SSSR count). The van der Waals surface area contributed by atoms with Gasteiger partial charge in [-0.25, -0.2) is 0 Å². The standard InChI is InChI=1S/C14H17NO3/c15-14(7-8-17-9-14)13(16)10-1-3-11(4-2-10)18-12-5-6-12/h1-4,12H,5-9,15H2. The van der Waals surface area contributed by atoms with E-state index < -0.39 is 5.54 Å². The highest BCUT2D eigenvalue weighted by atomic mass is 16.5. The fraction of sp³-hybridized carbons (Fsp3) is 0.500. The van der Waals surface area contributed by atoms with Crippen LogP contribution in [0.1, 0.15) is 29.6 Å². The van der Waals surface area contributed by atoms with E-state index in [0.717, 1.165) is 18.6 Å². The van der Waals surface area contributed by atoms with Crippen molar-refractivity contribution in [3.05, 3.63) is 29.8 Å². The second-order valence-corrected chi connectivity index (χ2v) is 5.13. The first-order chi connectivity index (χ1) is 8.67. The molecule has 0 bridgehead atoms. The number of benzene rings is 1. The highest BCUT2D eigenvalue weighted by Crippen LogP contribution is 2.27. The van der Waals surface area contributed by atoms with Crippen LogP contribution in [-0.2, 0) is 4.74 Å². The third-order valence-electron chi connectivity index (χ3n) is 3.45. The SMILES string of the molecule is NC1(C(=O)c2ccc(OC3CC3)cc2)CCOC1. The Morgan fingerprint density at radius 1 is 1.33 bits per heavy atom. The second kappa shape index (κ2) is 4.37. The lowest BCUT2D eigenvalue weighted by Gasteiger charge is -2.20. The van der Waals surface area contributed by atoms with Crippen LogP contribution in [0.3, 0.4) is 0 Å². The number of Topliss-reactive ketones (excluding diaryl/α,β-unsaturated/α-hetero) is 1. The zero-order valence-electron chi connectivity index (χ0n) is 10.2. The van der Waals surface area contributed by atoms with Gasteiger partial charge >= 0.3 is 0 Å². The zero-order chi connectivity index (χ0) is 12.6. The van der Waals surface area contributed by atoms with Gasteiger partial charge < -0.3 is 15.2 Å². The quantitative estimate of drug-likeness (QED) is 0.820. The molecule has 0 amide bonds. The van der Waals surface area contributed by atoms with E-state index in [0.29, 0.717) is 31.3 Å². The largest absolute Gasteiger partial charge is 0.490 e. The topological polar surface area (TPSA) is 61.6 Å². The molecule has 1 aromatic carbocycles. The van der Waals surface area contributed by atoms with Crippen LogP contribution in [-0.4, -0.2) is 30.6 Å². The molecule has 1 aromatic rings. The fourth-order valence-corrected chi connectivity index (χ4v) is 2.11. The Bertz CT molecular complexity index is 445. The van der Waals surface area contributed by atoms with E-state index in [2.05, 4.69) is 0 Å². The van der Waals surface area contributed by atoms with Gasteiger partial charge in [-0.1, -0.05) is 0 Å². The molecule has 0 aromatic heterocycles. The van der Waals surface area contributed by atoms with Gasteiger partial charge in [0.2, 0.25) is 0 Å². The Morgan fingerprint density at radius 2 is 2.06 bits per heavy atom. The molecule has 2 N–H and O–H groups in total. The maximum Gasteiger partial charge on any atom is 0.185 e. The number of rotatable bonds is 4. The van der Waals surface area contributed by atoms with Gasteiger partial charge in [-0.2, -0.15) is 0 Å². The number of ketones is 1. The van der Waals surface area contributed by atoms with Crippen LogP contribution in [0.2, 0.25) is 0 Å². The summed E-state index contributed by atoms with van der Waals surface area (Å²) >= 11 is 0. The highest BCUT2D eigenvalue weighted by molar-refractivity contribution is 6.03. The van der Waals surface area contributed by atoms with Crippen LogP contribution in [0.4, 0.5) is 0 Å². The van der Waals surface area contributed by atoms with Gasteiger partial charge in [-0.15, -0.1) is 0 Å². The second-order valence-electron chi connectivity index (χ2n) is 5.13. The van der Waals surface area contributed by atoms with E-state index in [1.165, 1.54) is 0 Å². The lowest BCUT2D eigenvalue weighted by molar-refractivity contribution is 0.0863. The van der Waals surface area contributed by atoms with E-state index in [1.807, 2.05) is 12.1 Å². The molecule has 96 valence electrons. The normalized spacial score (nSPS) is 27.2. The first kappa shape index (κ1) is 11.7. The van der Waals surface area contributed by atoms with Gasteiger partial charge in [0, 0.05) is 12.2 Å². The van der Waals surface area contributed by atoms with Crippen molar-refractivity contribution in [3.63, 3.8) is 0 Å². The van der Waals surface area contributed by atoms with Crippen molar-refractivity contribution in [2.45, 2.75) is 30.9 Å². The summed E-state index contributed by atoms with van der Waals surface area (Å²) in [6, 6.07) is 7.25. The Kier molecular flexibility index (Phi) is 2.84. The molecular formula is C14H17NO3. The van der Waals surface area contributed by atoms with Gasteiger partial charge in [-0.3, -0.25) is 4.79 Å². The highest BCUT2D eigenvalue weighted by Gasteiger charge is 2.38. The van der Waals surface area contributed by atoms with E-state index in [-0.39, 0.29) is 5.78 Å².